The van der Waals surface area contributed by atoms with Gasteiger partial charge in [-0.15, -0.1) is 11.3 Å². The largest absolute Gasteiger partial charge is 0.742 e. The molecule has 0 aliphatic heterocycles. The van der Waals surface area contributed by atoms with Crippen molar-refractivity contribution >= 4 is 34.2 Å². The Kier molecular flexibility index (Phi) is 2.88. The van der Waals surface area contributed by atoms with Crippen molar-refractivity contribution in [3.05, 3.63) is 51.1 Å². The van der Waals surface area contributed by atoms with Crippen molar-refractivity contribution in [2.45, 2.75) is 19.0 Å². The number of hydrogen-bond donors (Lipinski definition) is 0. The van der Waals surface area contributed by atoms with Crippen molar-refractivity contribution in [3.63, 3.8) is 0 Å². The fourth-order valence-corrected chi connectivity index (χ4v) is 3.44. The zero-order valence-corrected chi connectivity index (χ0v) is 12.1. The quantitative estimate of drug-likeness (QED) is 0.510. The van der Waals surface area contributed by atoms with Crippen LogP contribution in [0, 0.1) is 13.8 Å². The SMILES string of the molecule is Cc1sc2nc([S-])n(-c3ccccc3)c(=O)c2c1C. The van der Waals surface area contributed by atoms with Gasteiger partial charge in [0.15, 0.2) is 0 Å². The first-order chi connectivity index (χ1) is 9.09. The molecule has 0 saturated carbocycles. The van der Waals surface area contributed by atoms with Crippen LogP contribution in [-0.2, 0) is 12.6 Å². The first kappa shape index (κ1) is 12.3. The summed E-state index contributed by atoms with van der Waals surface area (Å²) < 4.78 is 1.50. The van der Waals surface area contributed by atoms with Gasteiger partial charge >= 0.3 is 0 Å². The van der Waals surface area contributed by atoms with Crippen LogP contribution >= 0.6 is 11.3 Å². The molecule has 0 unspecified atom stereocenters. The van der Waals surface area contributed by atoms with E-state index in [1.54, 1.807) is 0 Å². The molecule has 0 aliphatic rings. The predicted octanol–water partition coefficient (Wildman–Crippen LogP) is 2.97. The third kappa shape index (κ3) is 1.86. The normalized spacial score (nSPS) is 11.1. The van der Waals surface area contributed by atoms with Crippen LogP contribution < -0.4 is 5.56 Å². The van der Waals surface area contributed by atoms with Crippen LogP contribution in [0.4, 0.5) is 0 Å². The molecule has 0 bridgehead atoms. The molecule has 19 heavy (non-hydrogen) atoms. The third-order valence-corrected chi connectivity index (χ3v) is 4.56. The molecule has 3 aromatic rings. The zero-order valence-electron chi connectivity index (χ0n) is 10.5. The van der Waals surface area contributed by atoms with E-state index in [0.29, 0.717) is 10.5 Å². The van der Waals surface area contributed by atoms with Gasteiger partial charge in [-0.05, 0) is 36.7 Å². The van der Waals surface area contributed by atoms with E-state index in [1.165, 1.54) is 15.9 Å². The molecule has 0 saturated heterocycles. The summed E-state index contributed by atoms with van der Waals surface area (Å²) in [5.74, 6) is 0. The van der Waals surface area contributed by atoms with Crippen LogP contribution in [-0.4, -0.2) is 9.55 Å². The Bertz CT molecular complexity index is 819. The summed E-state index contributed by atoms with van der Waals surface area (Å²) in [7, 11) is 0. The molecule has 3 nitrogen and oxygen atoms in total. The number of aromatic nitrogens is 2. The maximum absolute atomic E-state index is 12.6. The van der Waals surface area contributed by atoms with E-state index in [4.69, 9.17) is 12.6 Å². The van der Waals surface area contributed by atoms with Gasteiger partial charge in [0.25, 0.3) is 5.56 Å². The van der Waals surface area contributed by atoms with Crippen LogP contribution in [0.25, 0.3) is 15.9 Å². The monoisotopic (exact) mass is 287 g/mol. The zero-order chi connectivity index (χ0) is 13.6. The van der Waals surface area contributed by atoms with Gasteiger partial charge in [0, 0.05) is 10.6 Å². The predicted molar refractivity (Wildman–Crippen MR) is 80.3 cm³/mol. The highest BCUT2D eigenvalue weighted by Crippen LogP contribution is 2.26. The number of nitrogens with zero attached hydrogens (tertiary/aromatic N) is 2. The minimum Gasteiger partial charge on any atom is -0.742 e. The second-order valence-electron chi connectivity index (χ2n) is 4.33. The van der Waals surface area contributed by atoms with Crippen LogP contribution in [0.3, 0.4) is 0 Å². The lowest BCUT2D eigenvalue weighted by Crippen LogP contribution is -2.21. The lowest BCUT2D eigenvalue weighted by molar-refractivity contribution is 0.825. The van der Waals surface area contributed by atoms with Crippen molar-refractivity contribution in [1.29, 1.82) is 0 Å². The maximum atomic E-state index is 12.6. The fraction of sp³-hybridized carbons (Fsp3) is 0.143. The van der Waals surface area contributed by atoms with Crippen molar-refractivity contribution < 1.29 is 0 Å². The van der Waals surface area contributed by atoms with Gasteiger partial charge in [-0.3, -0.25) is 9.36 Å². The molecule has 1 aromatic carbocycles. The fourth-order valence-electron chi connectivity index (χ4n) is 2.08. The number of aryl methyl sites for hydroxylation is 2. The third-order valence-electron chi connectivity index (χ3n) is 3.19. The van der Waals surface area contributed by atoms with Gasteiger partial charge in [0.2, 0.25) is 0 Å². The molecule has 0 spiro atoms. The molecular formula is C14H11N2OS2-. The Hall–Kier alpha value is -1.72. The van der Waals surface area contributed by atoms with E-state index in [1.807, 2.05) is 44.2 Å². The number of rotatable bonds is 1. The van der Waals surface area contributed by atoms with Crippen LogP contribution in [0.5, 0.6) is 0 Å². The summed E-state index contributed by atoms with van der Waals surface area (Å²) in [4.78, 5) is 18.9. The van der Waals surface area contributed by atoms with Crippen LogP contribution in [0.1, 0.15) is 10.4 Å². The Morgan fingerprint density at radius 2 is 1.89 bits per heavy atom. The minimum atomic E-state index is -0.0805. The molecule has 0 aliphatic carbocycles. The average molecular weight is 287 g/mol. The Balaban J connectivity index is 2.44. The summed E-state index contributed by atoms with van der Waals surface area (Å²) in [5.41, 5.74) is 1.68. The molecule has 0 N–H and O–H groups in total. The summed E-state index contributed by atoms with van der Waals surface area (Å²) in [5, 5.41) is 0.991. The smallest absolute Gasteiger partial charge is 0.265 e. The van der Waals surface area contributed by atoms with E-state index in [9.17, 15) is 4.79 Å². The summed E-state index contributed by atoms with van der Waals surface area (Å²) in [6.07, 6.45) is 0. The molecular weight excluding hydrogens is 276 g/mol. The highest BCUT2D eigenvalue weighted by atomic mass is 32.1. The van der Waals surface area contributed by atoms with Crippen molar-refractivity contribution in [3.8, 4) is 5.69 Å². The number of para-hydroxylation sites is 1. The number of hydrogen-bond acceptors (Lipinski definition) is 4. The standard InChI is InChI=1S/C14H12N2OS2/c1-8-9(2)19-12-11(8)13(17)16(14(18)15-12)10-6-4-3-5-7-10/h3-7H,1-2H3,(H,15,18)/p-1. The highest BCUT2D eigenvalue weighted by Gasteiger charge is 2.13. The van der Waals surface area contributed by atoms with E-state index in [2.05, 4.69) is 4.98 Å². The maximum Gasteiger partial charge on any atom is 0.265 e. The van der Waals surface area contributed by atoms with Crippen molar-refractivity contribution in [2.75, 3.05) is 0 Å². The first-order valence-electron chi connectivity index (χ1n) is 5.85. The summed E-state index contributed by atoms with van der Waals surface area (Å²) >= 11 is 6.78. The van der Waals surface area contributed by atoms with Gasteiger partial charge < -0.3 is 12.6 Å². The van der Waals surface area contributed by atoms with Gasteiger partial charge in [-0.2, -0.15) is 0 Å². The molecule has 96 valence electrons. The Labute approximate surface area is 120 Å². The van der Waals surface area contributed by atoms with E-state index in [-0.39, 0.29) is 5.56 Å². The van der Waals surface area contributed by atoms with E-state index >= 15 is 0 Å². The minimum absolute atomic E-state index is 0.0805. The molecule has 3 rings (SSSR count). The van der Waals surface area contributed by atoms with E-state index < -0.39 is 0 Å². The average Bonchev–Trinajstić information content (AvgIpc) is 2.66. The van der Waals surface area contributed by atoms with Gasteiger partial charge in [0.05, 0.1) is 5.39 Å². The number of thiophene rings is 1. The van der Waals surface area contributed by atoms with Crippen molar-refractivity contribution in [2.24, 2.45) is 0 Å². The summed E-state index contributed by atoms with van der Waals surface area (Å²) in [6.45, 7) is 3.95. The van der Waals surface area contributed by atoms with Crippen LogP contribution in [0.2, 0.25) is 0 Å². The molecule has 2 heterocycles. The lowest BCUT2D eigenvalue weighted by Gasteiger charge is -2.15. The lowest BCUT2D eigenvalue weighted by atomic mass is 10.2. The topological polar surface area (TPSA) is 34.9 Å². The second kappa shape index (κ2) is 4.43. The molecule has 0 radical (unpaired) electrons. The Morgan fingerprint density at radius 1 is 1.21 bits per heavy atom. The molecule has 5 heteroatoms. The van der Waals surface area contributed by atoms with Crippen LogP contribution in [0.15, 0.2) is 40.3 Å². The van der Waals surface area contributed by atoms with Gasteiger partial charge in [0.1, 0.15) is 4.83 Å². The Morgan fingerprint density at radius 3 is 2.58 bits per heavy atom. The molecule has 0 atom stereocenters. The van der Waals surface area contributed by atoms with Crippen molar-refractivity contribution in [1.82, 2.24) is 9.55 Å². The highest BCUT2D eigenvalue weighted by molar-refractivity contribution is 7.58. The molecule has 0 fully saturated rings. The molecule has 0 amide bonds. The second-order valence-corrected chi connectivity index (χ2v) is 5.90. The van der Waals surface area contributed by atoms with Gasteiger partial charge in [-0.25, -0.2) is 4.98 Å². The first-order valence-corrected chi connectivity index (χ1v) is 7.07. The summed E-state index contributed by atoms with van der Waals surface area (Å²) in [6, 6.07) is 9.39. The number of benzene rings is 1. The molecule has 2 aromatic heterocycles. The number of fused-ring (bicyclic) bond motifs is 1. The van der Waals surface area contributed by atoms with E-state index in [0.717, 1.165) is 21.0 Å². The van der Waals surface area contributed by atoms with Gasteiger partial charge in [-0.1, -0.05) is 18.2 Å².